The summed E-state index contributed by atoms with van der Waals surface area (Å²) in [6.07, 6.45) is 0. The monoisotopic (exact) mass is 146 g/mol. The molecule has 4 heteroatoms. The van der Waals surface area contributed by atoms with Crippen LogP contribution in [0.5, 0.6) is 0 Å². The SMILES string of the molecule is CNC(=O)NC(C)(C)CO. The maximum absolute atomic E-state index is 10.7. The van der Waals surface area contributed by atoms with Gasteiger partial charge in [-0.2, -0.15) is 0 Å². The van der Waals surface area contributed by atoms with Gasteiger partial charge in [0, 0.05) is 7.05 Å². The zero-order chi connectivity index (χ0) is 8.20. The molecule has 60 valence electrons. The molecule has 0 aromatic rings. The molecule has 0 aliphatic heterocycles. The topological polar surface area (TPSA) is 61.4 Å². The smallest absolute Gasteiger partial charge is 0.315 e. The number of urea groups is 1. The van der Waals surface area contributed by atoms with Gasteiger partial charge < -0.3 is 15.7 Å². The molecule has 0 unspecified atom stereocenters. The normalized spacial score (nSPS) is 10.8. The summed E-state index contributed by atoms with van der Waals surface area (Å²) in [6, 6.07) is -0.279. The van der Waals surface area contributed by atoms with E-state index in [1.807, 2.05) is 0 Å². The molecule has 0 aromatic heterocycles. The molecular formula is C6H14N2O2. The van der Waals surface area contributed by atoms with Crippen LogP contribution in [0.15, 0.2) is 0 Å². The zero-order valence-electron chi connectivity index (χ0n) is 6.56. The summed E-state index contributed by atoms with van der Waals surface area (Å²) in [5, 5.41) is 13.6. The van der Waals surface area contributed by atoms with Gasteiger partial charge in [0.1, 0.15) is 0 Å². The van der Waals surface area contributed by atoms with Crippen LogP contribution in [0.25, 0.3) is 0 Å². The van der Waals surface area contributed by atoms with Gasteiger partial charge >= 0.3 is 6.03 Å². The standard InChI is InChI=1S/C6H14N2O2/c1-6(2,4-9)8-5(10)7-3/h9H,4H2,1-3H3,(H2,7,8,10). The lowest BCUT2D eigenvalue weighted by atomic mass is 10.1. The molecule has 0 bridgehead atoms. The molecule has 0 spiro atoms. The molecule has 2 amide bonds. The van der Waals surface area contributed by atoms with E-state index in [0.717, 1.165) is 0 Å². The average molecular weight is 146 g/mol. The van der Waals surface area contributed by atoms with Crippen LogP contribution in [0.1, 0.15) is 13.8 Å². The van der Waals surface area contributed by atoms with Crippen molar-refractivity contribution < 1.29 is 9.90 Å². The highest BCUT2D eigenvalue weighted by molar-refractivity contribution is 5.74. The second-order valence-electron chi connectivity index (χ2n) is 2.75. The van der Waals surface area contributed by atoms with Crippen LogP contribution in [0, 0.1) is 0 Å². The van der Waals surface area contributed by atoms with Gasteiger partial charge in [-0.15, -0.1) is 0 Å². The van der Waals surface area contributed by atoms with E-state index in [1.165, 1.54) is 7.05 Å². The van der Waals surface area contributed by atoms with Crippen molar-refractivity contribution in [1.29, 1.82) is 0 Å². The van der Waals surface area contributed by atoms with Gasteiger partial charge in [-0.1, -0.05) is 0 Å². The van der Waals surface area contributed by atoms with Gasteiger partial charge in [0.05, 0.1) is 12.1 Å². The van der Waals surface area contributed by atoms with Crippen molar-refractivity contribution in [2.24, 2.45) is 0 Å². The van der Waals surface area contributed by atoms with Gasteiger partial charge in [0.2, 0.25) is 0 Å². The molecular weight excluding hydrogens is 132 g/mol. The number of amides is 2. The largest absolute Gasteiger partial charge is 0.394 e. The van der Waals surface area contributed by atoms with E-state index in [9.17, 15) is 4.79 Å². The molecule has 0 aliphatic rings. The molecule has 0 rings (SSSR count). The molecule has 0 atom stereocenters. The van der Waals surface area contributed by atoms with E-state index in [4.69, 9.17) is 5.11 Å². The molecule has 0 aromatic carbocycles. The third-order valence-electron chi connectivity index (χ3n) is 1.07. The third kappa shape index (κ3) is 3.29. The zero-order valence-corrected chi connectivity index (χ0v) is 6.56. The molecule has 0 aliphatic carbocycles. The van der Waals surface area contributed by atoms with E-state index in [-0.39, 0.29) is 12.6 Å². The summed E-state index contributed by atoms with van der Waals surface area (Å²) < 4.78 is 0. The second kappa shape index (κ2) is 3.41. The first-order chi connectivity index (χ1) is 4.52. The quantitative estimate of drug-likeness (QED) is 0.500. The Labute approximate surface area is 60.6 Å². The lowest BCUT2D eigenvalue weighted by molar-refractivity contribution is 0.183. The Balaban J connectivity index is 3.76. The van der Waals surface area contributed by atoms with Crippen LogP contribution >= 0.6 is 0 Å². The molecule has 0 saturated heterocycles. The summed E-state index contributed by atoms with van der Waals surface area (Å²) in [5.74, 6) is 0. The van der Waals surface area contributed by atoms with Crippen molar-refractivity contribution in [3.8, 4) is 0 Å². The molecule has 10 heavy (non-hydrogen) atoms. The van der Waals surface area contributed by atoms with Gasteiger partial charge in [-0.25, -0.2) is 4.79 Å². The fraction of sp³-hybridized carbons (Fsp3) is 0.833. The molecule has 0 saturated carbocycles. The highest BCUT2D eigenvalue weighted by Gasteiger charge is 2.17. The summed E-state index contributed by atoms with van der Waals surface area (Å²) in [5.41, 5.74) is -0.542. The minimum Gasteiger partial charge on any atom is -0.394 e. The fourth-order valence-corrected chi connectivity index (χ4v) is 0.409. The Morgan fingerprint density at radius 1 is 1.60 bits per heavy atom. The Bertz CT molecular complexity index is 123. The summed E-state index contributed by atoms with van der Waals surface area (Å²) in [4.78, 5) is 10.7. The van der Waals surface area contributed by atoms with Crippen LogP contribution in [0.2, 0.25) is 0 Å². The molecule has 0 radical (unpaired) electrons. The first kappa shape index (κ1) is 9.23. The van der Waals surface area contributed by atoms with Crippen LogP contribution in [-0.4, -0.2) is 30.3 Å². The number of carbonyl (C=O) groups excluding carboxylic acids is 1. The van der Waals surface area contributed by atoms with Gasteiger partial charge in [-0.3, -0.25) is 0 Å². The number of nitrogens with one attached hydrogen (secondary N) is 2. The van der Waals surface area contributed by atoms with Gasteiger partial charge in [0.25, 0.3) is 0 Å². The van der Waals surface area contributed by atoms with Crippen LogP contribution in [-0.2, 0) is 0 Å². The van der Waals surface area contributed by atoms with E-state index in [2.05, 4.69) is 10.6 Å². The van der Waals surface area contributed by atoms with Crippen molar-refractivity contribution in [2.45, 2.75) is 19.4 Å². The number of hydrogen-bond donors (Lipinski definition) is 3. The van der Waals surface area contributed by atoms with E-state index >= 15 is 0 Å². The Kier molecular flexibility index (Phi) is 3.15. The molecule has 4 nitrogen and oxygen atoms in total. The summed E-state index contributed by atoms with van der Waals surface area (Å²) >= 11 is 0. The van der Waals surface area contributed by atoms with Crippen LogP contribution in [0.4, 0.5) is 4.79 Å². The van der Waals surface area contributed by atoms with Crippen molar-refractivity contribution >= 4 is 6.03 Å². The predicted octanol–water partition coefficient (Wildman–Crippen LogP) is -0.314. The number of hydrogen-bond acceptors (Lipinski definition) is 2. The summed E-state index contributed by atoms with van der Waals surface area (Å²) in [6.45, 7) is 3.41. The van der Waals surface area contributed by atoms with E-state index < -0.39 is 5.54 Å². The lowest BCUT2D eigenvalue weighted by Crippen LogP contribution is -2.49. The highest BCUT2D eigenvalue weighted by atomic mass is 16.3. The first-order valence-electron chi connectivity index (χ1n) is 3.12. The molecule has 3 N–H and O–H groups in total. The number of aliphatic hydroxyl groups is 1. The van der Waals surface area contributed by atoms with Crippen LogP contribution in [0.3, 0.4) is 0 Å². The maximum atomic E-state index is 10.7. The number of aliphatic hydroxyl groups excluding tert-OH is 1. The van der Waals surface area contributed by atoms with Crippen LogP contribution < -0.4 is 10.6 Å². The maximum Gasteiger partial charge on any atom is 0.315 e. The Morgan fingerprint density at radius 2 is 2.10 bits per heavy atom. The molecule has 0 fully saturated rings. The average Bonchev–Trinajstić information content (AvgIpc) is 1.87. The number of carbonyl (C=O) groups is 1. The fourth-order valence-electron chi connectivity index (χ4n) is 0.409. The number of rotatable bonds is 2. The first-order valence-corrected chi connectivity index (χ1v) is 3.12. The van der Waals surface area contributed by atoms with Crippen molar-refractivity contribution in [3.05, 3.63) is 0 Å². The predicted molar refractivity (Wildman–Crippen MR) is 38.8 cm³/mol. The highest BCUT2D eigenvalue weighted by Crippen LogP contribution is 1.97. The summed E-state index contributed by atoms with van der Waals surface area (Å²) in [7, 11) is 1.53. The van der Waals surface area contributed by atoms with Crippen molar-refractivity contribution in [3.63, 3.8) is 0 Å². The van der Waals surface area contributed by atoms with Gasteiger partial charge in [-0.05, 0) is 13.8 Å². The van der Waals surface area contributed by atoms with E-state index in [0.29, 0.717) is 0 Å². The van der Waals surface area contributed by atoms with Gasteiger partial charge in [0.15, 0.2) is 0 Å². The lowest BCUT2D eigenvalue weighted by Gasteiger charge is -2.22. The third-order valence-corrected chi connectivity index (χ3v) is 1.07. The van der Waals surface area contributed by atoms with E-state index in [1.54, 1.807) is 13.8 Å². The van der Waals surface area contributed by atoms with Crippen molar-refractivity contribution in [1.82, 2.24) is 10.6 Å². The van der Waals surface area contributed by atoms with Crippen molar-refractivity contribution in [2.75, 3.05) is 13.7 Å². The Hall–Kier alpha value is -0.770. The Morgan fingerprint density at radius 3 is 2.40 bits per heavy atom. The minimum absolute atomic E-state index is 0.0690. The minimum atomic E-state index is -0.542. The second-order valence-corrected chi connectivity index (χ2v) is 2.75. The molecule has 0 heterocycles.